The SMILES string of the molecule is C=CCCc1ccc(C#Cc2ccc(C3CCC4CC(OCC)CCC4C3)c(F)c2F)c(F)c1. The van der Waals surface area contributed by atoms with Crippen molar-refractivity contribution in [1.82, 2.24) is 0 Å². The van der Waals surface area contributed by atoms with Gasteiger partial charge in [-0.25, -0.2) is 13.2 Å². The van der Waals surface area contributed by atoms with Gasteiger partial charge in [0, 0.05) is 6.61 Å². The quantitative estimate of drug-likeness (QED) is 0.313. The summed E-state index contributed by atoms with van der Waals surface area (Å²) in [6.07, 6.45) is 9.62. The lowest BCUT2D eigenvalue weighted by Crippen LogP contribution is -2.34. The first kappa shape index (κ1) is 24.6. The van der Waals surface area contributed by atoms with Crippen LogP contribution in [0, 0.1) is 41.1 Å². The molecular formula is C30H33F3O. The molecule has 2 aliphatic rings. The van der Waals surface area contributed by atoms with Gasteiger partial charge in [0.25, 0.3) is 0 Å². The van der Waals surface area contributed by atoms with Crippen LogP contribution in [0.3, 0.4) is 0 Å². The number of ether oxygens (including phenoxy) is 1. The fourth-order valence-electron chi connectivity index (χ4n) is 5.71. The maximum atomic E-state index is 15.1. The maximum absolute atomic E-state index is 15.1. The molecule has 0 heterocycles. The Bertz CT molecular complexity index is 1080. The summed E-state index contributed by atoms with van der Waals surface area (Å²) < 4.78 is 50.2. The maximum Gasteiger partial charge on any atom is 0.174 e. The second-order valence-electron chi connectivity index (χ2n) is 9.64. The minimum Gasteiger partial charge on any atom is -0.378 e. The van der Waals surface area contributed by atoms with Gasteiger partial charge in [0.2, 0.25) is 0 Å². The van der Waals surface area contributed by atoms with E-state index in [9.17, 15) is 8.78 Å². The first-order chi connectivity index (χ1) is 16.5. The van der Waals surface area contributed by atoms with Crippen molar-refractivity contribution < 1.29 is 17.9 Å². The molecular weight excluding hydrogens is 433 g/mol. The van der Waals surface area contributed by atoms with Crippen molar-refractivity contribution in [3.8, 4) is 11.8 Å². The molecule has 180 valence electrons. The van der Waals surface area contributed by atoms with E-state index in [4.69, 9.17) is 4.74 Å². The number of hydrogen-bond acceptors (Lipinski definition) is 1. The minimum atomic E-state index is -0.935. The molecule has 0 radical (unpaired) electrons. The Kier molecular flexibility index (Phi) is 8.16. The highest BCUT2D eigenvalue weighted by molar-refractivity contribution is 5.46. The molecule has 4 rings (SSSR count). The van der Waals surface area contributed by atoms with Gasteiger partial charge in [0.1, 0.15) is 5.82 Å². The molecule has 0 spiro atoms. The highest BCUT2D eigenvalue weighted by Gasteiger charge is 2.37. The molecule has 4 unspecified atom stereocenters. The van der Waals surface area contributed by atoms with Gasteiger partial charge < -0.3 is 4.74 Å². The fraction of sp³-hybridized carbons (Fsp3) is 0.467. The van der Waals surface area contributed by atoms with Crippen molar-refractivity contribution in [3.63, 3.8) is 0 Å². The van der Waals surface area contributed by atoms with Crippen molar-refractivity contribution in [3.05, 3.63) is 82.7 Å². The molecule has 2 aromatic carbocycles. The Morgan fingerprint density at radius 1 is 0.941 bits per heavy atom. The van der Waals surface area contributed by atoms with Gasteiger partial charge in [-0.05, 0) is 105 Å². The van der Waals surface area contributed by atoms with Crippen LogP contribution in [0.15, 0.2) is 43.0 Å². The predicted octanol–water partition coefficient (Wildman–Crippen LogP) is 7.71. The monoisotopic (exact) mass is 466 g/mol. The van der Waals surface area contributed by atoms with E-state index >= 15 is 4.39 Å². The average molecular weight is 467 g/mol. The number of aryl methyl sites for hydroxylation is 1. The second kappa shape index (κ2) is 11.3. The Hall–Kier alpha value is -2.51. The number of hydrogen-bond donors (Lipinski definition) is 0. The lowest BCUT2D eigenvalue weighted by atomic mass is 9.65. The molecule has 1 nitrogen and oxygen atoms in total. The summed E-state index contributed by atoms with van der Waals surface area (Å²) in [5, 5.41) is 0. The van der Waals surface area contributed by atoms with Crippen molar-refractivity contribution >= 4 is 0 Å². The highest BCUT2D eigenvalue weighted by Crippen LogP contribution is 2.47. The third-order valence-electron chi connectivity index (χ3n) is 7.52. The van der Waals surface area contributed by atoms with Crippen LogP contribution < -0.4 is 0 Å². The van der Waals surface area contributed by atoms with Crippen LogP contribution in [0.25, 0.3) is 0 Å². The summed E-state index contributed by atoms with van der Waals surface area (Å²) in [6.45, 7) is 6.45. The third-order valence-corrected chi connectivity index (χ3v) is 7.52. The van der Waals surface area contributed by atoms with Crippen molar-refractivity contribution in [2.75, 3.05) is 6.61 Å². The molecule has 34 heavy (non-hydrogen) atoms. The normalized spacial score (nSPS) is 24.1. The zero-order valence-electron chi connectivity index (χ0n) is 19.9. The number of allylic oxidation sites excluding steroid dienone is 1. The van der Waals surface area contributed by atoms with Gasteiger partial charge in [0.05, 0.1) is 17.2 Å². The predicted molar refractivity (Wildman–Crippen MR) is 130 cm³/mol. The molecule has 2 saturated carbocycles. The van der Waals surface area contributed by atoms with Gasteiger partial charge in [-0.3, -0.25) is 0 Å². The molecule has 0 saturated heterocycles. The number of benzene rings is 2. The van der Waals surface area contributed by atoms with E-state index in [2.05, 4.69) is 18.4 Å². The smallest absolute Gasteiger partial charge is 0.174 e. The number of rotatable bonds is 6. The minimum absolute atomic E-state index is 0.0296. The van der Waals surface area contributed by atoms with Crippen LogP contribution in [0.5, 0.6) is 0 Å². The zero-order valence-corrected chi connectivity index (χ0v) is 19.9. The van der Waals surface area contributed by atoms with Crippen LogP contribution in [-0.4, -0.2) is 12.7 Å². The van der Waals surface area contributed by atoms with Crippen LogP contribution in [0.1, 0.15) is 80.0 Å². The average Bonchev–Trinajstić information content (AvgIpc) is 2.84. The summed E-state index contributed by atoms with van der Waals surface area (Å²) in [6, 6.07) is 8.03. The van der Waals surface area contributed by atoms with Crippen LogP contribution in [0.4, 0.5) is 13.2 Å². The van der Waals surface area contributed by atoms with Crippen molar-refractivity contribution in [2.24, 2.45) is 11.8 Å². The Morgan fingerprint density at radius 3 is 2.44 bits per heavy atom. The molecule has 0 bridgehead atoms. The van der Waals surface area contributed by atoms with Gasteiger partial charge in [-0.2, -0.15) is 0 Å². The van der Waals surface area contributed by atoms with E-state index in [0.29, 0.717) is 29.9 Å². The topological polar surface area (TPSA) is 9.23 Å². The van der Waals surface area contributed by atoms with E-state index in [0.717, 1.165) is 57.1 Å². The molecule has 2 aliphatic carbocycles. The first-order valence-corrected chi connectivity index (χ1v) is 12.5. The van der Waals surface area contributed by atoms with E-state index in [1.165, 1.54) is 12.1 Å². The molecule has 0 N–H and O–H groups in total. The summed E-state index contributed by atoms with van der Waals surface area (Å²) in [5.41, 5.74) is 1.44. The molecule has 0 amide bonds. The van der Waals surface area contributed by atoms with Crippen LogP contribution in [-0.2, 0) is 11.2 Å². The Labute approximate surface area is 201 Å². The van der Waals surface area contributed by atoms with E-state index < -0.39 is 17.5 Å². The van der Waals surface area contributed by atoms with Gasteiger partial charge in [-0.15, -0.1) is 6.58 Å². The molecule has 4 atom stereocenters. The molecule has 0 aliphatic heterocycles. The Balaban J connectivity index is 1.46. The largest absolute Gasteiger partial charge is 0.378 e. The lowest BCUT2D eigenvalue weighted by Gasteiger charge is -2.42. The number of halogens is 3. The van der Waals surface area contributed by atoms with E-state index in [1.54, 1.807) is 24.3 Å². The molecule has 2 fully saturated rings. The Morgan fingerprint density at radius 2 is 1.68 bits per heavy atom. The highest BCUT2D eigenvalue weighted by atomic mass is 19.2. The van der Waals surface area contributed by atoms with Crippen molar-refractivity contribution in [2.45, 2.75) is 70.3 Å². The van der Waals surface area contributed by atoms with Gasteiger partial charge >= 0.3 is 0 Å². The fourth-order valence-corrected chi connectivity index (χ4v) is 5.71. The molecule has 2 aromatic rings. The van der Waals surface area contributed by atoms with Gasteiger partial charge in [-0.1, -0.05) is 30.0 Å². The van der Waals surface area contributed by atoms with Crippen LogP contribution in [0.2, 0.25) is 0 Å². The van der Waals surface area contributed by atoms with E-state index in [-0.39, 0.29) is 17.0 Å². The van der Waals surface area contributed by atoms with Crippen LogP contribution >= 0.6 is 0 Å². The van der Waals surface area contributed by atoms with E-state index in [1.807, 2.05) is 6.92 Å². The van der Waals surface area contributed by atoms with Gasteiger partial charge in [0.15, 0.2) is 11.6 Å². The second-order valence-corrected chi connectivity index (χ2v) is 9.64. The summed E-state index contributed by atoms with van der Waals surface area (Å²) >= 11 is 0. The molecule has 4 heteroatoms. The summed E-state index contributed by atoms with van der Waals surface area (Å²) in [7, 11) is 0. The zero-order chi connectivity index (χ0) is 24.1. The number of fused-ring (bicyclic) bond motifs is 1. The standard InChI is InChI=1S/C30H33F3O/c1-3-5-6-20-7-8-21(28(31)17-20)9-10-22-14-16-27(30(33)29(22)32)25-12-11-24-19-26(34-4-2)15-13-23(24)18-25/h3,7-8,14,16-17,23-26H,1,4-6,11-13,15,18-19H2,2H3. The first-order valence-electron chi connectivity index (χ1n) is 12.5. The summed E-state index contributed by atoms with van der Waals surface area (Å²) in [5.74, 6) is 4.30. The third kappa shape index (κ3) is 5.58. The lowest BCUT2D eigenvalue weighted by molar-refractivity contribution is -0.00970. The molecule has 0 aromatic heterocycles. The summed E-state index contributed by atoms with van der Waals surface area (Å²) in [4.78, 5) is 0. The van der Waals surface area contributed by atoms with Crippen molar-refractivity contribution in [1.29, 1.82) is 0 Å².